The van der Waals surface area contributed by atoms with Gasteiger partial charge in [-0.25, -0.2) is 4.79 Å². The van der Waals surface area contributed by atoms with Gasteiger partial charge >= 0.3 is 5.97 Å². The Morgan fingerprint density at radius 2 is 2.11 bits per heavy atom. The minimum atomic E-state index is -0.435. The van der Waals surface area contributed by atoms with Gasteiger partial charge in [-0.05, 0) is 35.8 Å². The van der Waals surface area contributed by atoms with Crippen LogP contribution in [0.15, 0.2) is 22.7 Å². The van der Waals surface area contributed by atoms with Crippen molar-refractivity contribution in [1.82, 2.24) is 4.98 Å². The molecule has 0 aliphatic carbocycles. The first-order valence-electron chi connectivity index (χ1n) is 5.54. The van der Waals surface area contributed by atoms with Gasteiger partial charge in [-0.2, -0.15) is 0 Å². The number of esters is 1. The lowest BCUT2D eigenvalue weighted by atomic mass is 10.1. The number of carbonyl (C=O) groups is 2. The van der Waals surface area contributed by atoms with E-state index in [0.717, 1.165) is 5.39 Å². The fourth-order valence-corrected chi connectivity index (χ4v) is 2.41. The van der Waals surface area contributed by atoms with Crippen LogP contribution < -0.4 is 0 Å². The summed E-state index contributed by atoms with van der Waals surface area (Å²) in [4.78, 5) is 26.2. The zero-order valence-corrected chi connectivity index (χ0v) is 11.6. The third kappa shape index (κ3) is 2.06. The number of H-pyrrole nitrogens is 1. The highest BCUT2D eigenvalue weighted by molar-refractivity contribution is 9.10. The summed E-state index contributed by atoms with van der Waals surface area (Å²) in [6.45, 7) is 3.54. The largest absolute Gasteiger partial charge is 0.461 e. The molecule has 2 aromatic rings. The number of ether oxygens (including phenoxy) is 1. The Hall–Kier alpha value is -1.62. The van der Waals surface area contributed by atoms with Crippen LogP contribution in [-0.2, 0) is 4.74 Å². The summed E-state index contributed by atoms with van der Waals surface area (Å²) < 4.78 is 5.58. The van der Waals surface area contributed by atoms with E-state index < -0.39 is 5.97 Å². The molecule has 94 valence electrons. The van der Waals surface area contributed by atoms with Crippen molar-refractivity contribution in [3.8, 4) is 0 Å². The van der Waals surface area contributed by atoms with Gasteiger partial charge in [0, 0.05) is 10.9 Å². The Morgan fingerprint density at radius 1 is 1.39 bits per heavy atom. The first-order chi connectivity index (χ1) is 8.56. The van der Waals surface area contributed by atoms with E-state index in [4.69, 9.17) is 4.74 Å². The molecule has 0 aliphatic rings. The number of aromatic nitrogens is 1. The summed E-state index contributed by atoms with van der Waals surface area (Å²) in [5, 5.41) is 0.797. The van der Waals surface area contributed by atoms with Crippen LogP contribution in [0.25, 0.3) is 10.9 Å². The number of nitrogens with one attached hydrogen (secondary N) is 1. The summed E-state index contributed by atoms with van der Waals surface area (Å²) in [6.07, 6.45) is 0. The van der Waals surface area contributed by atoms with Crippen LogP contribution in [0.3, 0.4) is 0 Å². The van der Waals surface area contributed by atoms with Gasteiger partial charge in [0.2, 0.25) is 0 Å². The quantitative estimate of drug-likeness (QED) is 0.699. The summed E-state index contributed by atoms with van der Waals surface area (Å²) in [7, 11) is 0. The van der Waals surface area contributed by atoms with Crippen molar-refractivity contribution < 1.29 is 14.3 Å². The van der Waals surface area contributed by atoms with Crippen molar-refractivity contribution >= 4 is 38.6 Å². The van der Waals surface area contributed by atoms with Crippen LogP contribution in [0.4, 0.5) is 0 Å². The molecule has 2 rings (SSSR count). The molecule has 5 heteroatoms. The van der Waals surface area contributed by atoms with Crippen molar-refractivity contribution in [3.63, 3.8) is 0 Å². The van der Waals surface area contributed by atoms with Gasteiger partial charge in [0.05, 0.1) is 16.6 Å². The zero-order valence-electron chi connectivity index (χ0n) is 10.0. The number of fused-ring (bicyclic) bond motifs is 1. The van der Waals surface area contributed by atoms with Gasteiger partial charge in [0.25, 0.3) is 0 Å². The lowest BCUT2D eigenvalue weighted by Gasteiger charge is -1.98. The van der Waals surface area contributed by atoms with Crippen LogP contribution in [0, 0.1) is 0 Å². The van der Waals surface area contributed by atoms with Gasteiger partial charge < -0.3 is 9.72 Å². The number of carbonyl (C=O) groups excluding carboxylic acids is 2. The van der Waals surface area contributed by atoms with Crippen LogP contribution in [0.5, 0.6) is 0 Å². The summed E-state index contributed by atoms with van der Waals surface area (Å²) in [5.74, 6) is -0.486. The summed E-state index contributed by atoms with van der Waals surface area (Å²) >= 11 is 3.36. The van der Waals surface area contributed by atoms with Gasteiger partial charge in [-0.3, -0.25) is 4.79 Å². The number of aromatic amines is 1. The third-order valence-electron chi connectivity index (χ3n) is 2.63. The van der Waals surface area contributed by atoms with E-state index in [0.29, 0.717) is 27.9 Å². The Bertz CT molecular complexity index is 630. The molecule has 1 N–H and O–H groups in total. The predicted octanol–water partition coefficient (Wildman–Crippen LogP) is 3.31. The topological polar surface area (TPSA) is 59.2 Å². The normalized spacial score (nSPS) is 10.6. The molecule has 0 saturated heterocycles. The van der Waals surface area contributed by atoms with Crippen molar-refractivity contribution in [2.24, 2.45) is 0 Å². The second-order valence-electron chi connectivity index (χ2n) is 3.82. The molecule has 0 unspecified atom stereocenters. The highest BCUT2D eigenvalue weighted by Gasteiger charge is 2.19. The van der Waals surface area contributed by atoms with Crippen LogP contribution in [-0.4, -0.2) is 23.3 Å². The van der Waals surface area contributed by atoms with E-state index in [9.17, 15) is 9.59 Å². The molecule has 4 nitrogen and oxygen atoms in total. The Kier molecular flexibility index (Phi) is 3.52. The van der Waals surface area contributed by atoms with Crippen LogP contribution >= 0.6 is 15.9 Å². The lowest BCUT2D eigenvalue weighted by molar-refractivity contribution is 0.0519. The van der Waals surface area contributed by atoms with Crippen molar-refractivity contribution in [2.45, 2.75) is 13.8 Å². The molecule has 0 saturated carbocycles. The zero-order chi connectivity index (χ0) is 13.3. The highest BCUT2D eigenvalue weighted by atomic mass is 79.9. The summed E-state index contributed by atoms with van der Waals surface area (Å²) in [6, 6.07) is 5.35. The highest BCUT2D eigenvalue weighted by Crippen LogP contribution is 2.30. The van der Waals surface area contributed by atoms with E-state index in [1.807, 2.05) is 6.07 Å². The second kappa shape index (κ2) is 4.94. The van der Waals surface area contributed by atoms with Gasteiger partial charge in [-0.1, -0.05) is 12.1 Å². The second-order valence-corrected chi connectivity index (χ2v) is 4.61. The average Bonchev–Trinajstić information content (AvgIpc) is 2.67. The predicted molar refractivity (Wildman–Crippen MR) is 72.0 cm³/mol. The number of para-hydroxylation sites is 1. The van der Waals surface area contributed by atoms with Crippen molar-refractivity contribution in [3.05, 3.63) is 33.9 Å². The standard InChI is InChI=1S/C13H12BrNO3/c1-3-18-13(17)12-10(14)9-6-4-5-8(7(2)16)11(9)15-12/h4-6,15H,3H2,1-2H3. The number of ketones is 1. The van der Waals surface area contributed by atoms with Crippen LogP contribution in [0.2, 0.25) is 0 Å². The summed E-state index contributed by atoms with van der Waals surface area (Å²) in [5.41, 5.74) is 1.55. The minimum absolute atomic E-state index is 0.0511. The maximum absolute atomic E-state index is 11.7. The van der Waals surface area contributed by atoms with E-state index in [1.165, 1.54) is 6.92 Å². The molecular formula is C13H12BrNO3. The maximum Gasteiger partial charge on any atom is 0.355 e. The lowest BCUT2D eigenvalue weighted by Crippen LogP contribution is -2.05. The number of hydrogen-bond donors (Lipinski definition) is 1. The minimum Gasteiger partial charge on any atom is -0.461 e. The fraction of sp³-hybridized carbons (Fsp3) is 0.231. The number of Topliss-reactive ketones (excluding diaryl/α,β-unsaturated/α-hetero) is 1. The molecule has 0 bridgehead atoms. The van der Waals surface area contributed by atoms with Crippen molar-refractivity contribution in [1.29, 1.82) is 0 Å². The molecule has 1 aromatic carbocycles. The number of benzene rings is 1. The molecule has 0 radical (unpaired) electrons. The SMILES string of the molecule is CCOC(=O)c1[nH]c2c(C(C)=O)cccc2c1Br. The maximum atomic E-state index is 11.7. The third-order valence-corrected chi connectivity index (χ3v) is 3.45. The van der Waals surface area contributed by atoms with E-state index in [-0.39, 0.29) is 5.78 Å². The first-order valence-corrected chi connectivity index (χ1v) is 6.33. The smallest absolute Gasteiger partial charge is 0.355 e. The van der Waals surface area contributed by atoms with Gasteiger partial charge in [-0.15, -0.1) is 0 Å². The first kappa shape index (κ1) is 12.8. The molecular weight excluding hydrogens is 298 g/mol. The molecule has 1 heterocycles. The van der Waals surface area contributed by atoms with Gasteiger partial charge in [0.1, 0.15) is 5.69 Å². The van der Waals surface area contributed by atoms with Crippen LogP contribution in [0.1, 0.15) is 34.7 Å². The monoisotopic (exact) mass is 309 g/mol. The number of halogens is 1. The Labute approximate surface area is 112 Å². The molecule has 0 spiro atoms. The fourth-order valence-electron chi connectivity index (χ4n) is 1.82. The molecule has 18 heavy (non-hydrogen) atoms. The average molecular weight is 310 g/mol. The Morgan fingerprint density at radius 3 is 2.72 bits per heavy atom. The van der Waals surface area contributed by atoms with E-state index in [2.05, 4.69) is 20.9 Å². The Balaban J connectivity index is 2.66. The molecule has 0 fully saturated rings. The van der Waals surface area contributed by atoms with E-state index >= 15 is 0 Å². The molecule has 0 atom stereocenters. The van der Waals surface area contributed by atoms with Gasteiger partial charge in [0.15, 0.2) is 5.78 Å². The number of rotatable bonds is 3. The molecule has 1 aromatic heterocycles. The van der Waals surface area contributed by atoms with Crippen molar-refractivity contribution in [2.75, 3.05) is 6.61 Å². The number of hydrogen-bond acceptors (Lipinski definition) is 3. The van der Waals surface area contributed by atoms with E-state index in [1.54, 1.807) is 19.1 Å². The molecule has 0 amide bonds. The molecule has 0 aliphatic heterocycles.